The Hall–Kier alpha value is -1.92. The van der Waals surface area contributed by atoms with Crippen molar-refractivity contribution in [2.24, 2.45) is 5.92 Å². The van der Waals surface area contributed by atoms with Gasteiger partial charge in [-0.3, -0.25) is 9.67 Å². The number of ether oxygens (including phenoxy) is 1. The normalized spacial score (nSPS) is 24.0. The minimum atomic E-state index is -0.319. The van der Waals surface area contributed by atoms with Crippen LogP contribution < -0.4 is 10.1 Å². The predicted octanol–water partition coefficient (Wildman–Crippen LogP) is 1.52. The van der Waals surface area contributed by atoms with Gasteiger partial charge < -0.3 is 15.2 Å². The van der Waals surface area contributed by atoms with Gasteiger partial charge in [-0.15, -0.1) is 0 Å². The highest BCUT2D eigenvalue weighted by molar-refractivity contribution is 5.32. The SMILES string of the molecule is COc1cc(C)ncc1CN[C@@H]1CC(Cn2cccn2)C[C@H]1O. The first kappa shape index (κ1) is 16.0. The van der Waals surface area contributed by atoms with Crippen LogP contribution in [-0.4, -0.2) is 39.1 Å². The highest BCUT2D eigenvalue weighted by Gasteiger charge is 2.32. The Morgan fingerprint density at radius 2 is 2.30 bits per heavy atom. The Labute approximate surface area is 136 Å². The van der Waals surface area contributed by atoms with Crippen LogP contribution in [-0.2, 0) is 13.1 Å². The summed E-state index contributed by atoms with van der Waals surface area (Å²) < 4.78 is 7.34. The monoisotopic (exact) mass is 316 g/mol. The van der Waals surface area contributed by atoms with Gasteiger partial charge in [0.2, 0.25) is 0 Å². The maximum absolute atomic E-state index is 10.3. The molecule has 1 fully saturated rings. The van der Waals surface area contributed by atoms with Crippen LogP contribution in [0.15, 0.2) is 30.7 Å². The van der Waals surface area contributed by atoms with Gasteiger partial charge in [0, 0.05) is 55.0 Å². The quantitative estimate of drug-likeness (QED) is 0.845. The van der Waals surface area contributed by atoms with Crippen molar-refractivity contribution in [1.29, 1.82) is 0 Å². The summed E-state index contributed by atoms with van der Waals surface area (Å²) in [6.07, 6.45) is 7.03. The van der Waals surface area contributed by atoms with Crippen molar-refractivity contribution < 1.29 is 9.84 Å². The van der Waals surface area contributed by atoms with Gasteiger partial charge in [-0.05, 0) is 31.7 Å². The first-order chi connectivity index (χ1) is 11.2. The molecule has 1 unspecified atom stereocenters. The predicted molar refractivity (Wildman–Crippen MR) is 87.1 cm³/mol. The Morgan fingerprint density at radius 3 is 3.04 bits per heavy atom. The first-order valence-electron chi connectivity index (χ1n) is 8.04. The van der Waals surface area contributed by atoms with Crippen LogP contribution in [0.1, 0.15) is 24.1 Å². The molecular weight excluding hydrogens is 292 g/mol. The van der Waals surface area contributed by atoms with Gasteiger partial charge in [-0.1, -0.05) is 0 Å². The molecule has 2 aromatic rings. The number of nitrogens with zero attached hydrogens (tertiary/aromatic N) is 3. The highest BCUT2D eigenvalue weighted by atomic mass is 16.5. The molecule has 2 heterocycles. The van der Waals surface area contributed by atoms with Crippen molar-refractivity contribution in [2.75, 3.05) is 7.11 Å². The number of aromatic nitrogens is 3. The number of aliphatic hydroxyl groups is 1. The Balaban J connectivity index is 1.56. The second kappa shape index (κ2) is 7.10. The van der Waals surface area contributed by atoms with Gasteiger partial charge in [0.25, 0.3) is 0 Å². The number of aryl methyl sites for hydroxylation is 1. The van der Waals surface area contributed by atoms with Crippen LogP contribution in [0.2, 0.25) is 0 Å². The van der Waals surface area contributed by atoms with Crippen LogP contribution in [0.3, 0.4) is 0 Å². The van der Waals surface area contributed by atoms with E-state index in [-0.39, 0.29) is 12.1 Å². The molecule has 1 aliphatic rings. The number of hydrogen-bond donors (Lipinski definition) is 2. The van der Waals surface area contributed by atoms with E-state index in [1.54, 1.807) is 13.3 Å². The highest BCUT2D eigenvalue weighted by Crippen LogP contribution is 2.28. The average Bonchev–Trinajstić information content (AvgIpc) is 3.16. The lowest BCUT2D eigenvalue weighted by Gasteiger charge is -2.17. The van der Waals surface area contributed by atoms with Crippen LogP contribution in [0, 0.1) is 12.8 Å². The average molecular weight is 316 g/mol. The number of pyridine rings is 1. The summed E-state index contributed by atoms with van der Waals surface area (Å²) in [5.74, 6) is 1.28. The van der Waals surface area contributed by atoms with E-state index in [1.807, 2.05) is 36.1 Å². The number of hydrogen-bond acceptors (Lipinski definition) is 5. The lowest BCUT2D eigenvalue weighted by Crippen LogP contribution is -2.35. The Kier molecular flexibility index (Phi) is 4.93. The number of aliphatic hydroxyl groups excluding tert-OH is 1. The lowest BCUT2D eigenvalue weighted by molar-refractivity contribution is 0.145. The minimum absolute atomic E-state index is 0.0987. The zero-order chi connectivity index (χ0) is 16.2. The van der Waals surface area contributed by atoms with Crippen molar-refractivity contribution >= 4 is 0 Å². The summed E-state index contributed by atoms with van der Waals surface area (Å²) in [6, 6.07) is 3.96. The molecule has 2 aromatic heterocycles. The third kappa shape index (κ3) is 3.89. The first-order valence-corrected chi connectivity index (χ1v) is 8.04. The number of nitrogens with one attached hydrogen (secondary N) is 1. The summed E-state index contributed by atoms with van der Waals surface area (Å²) in [5.41, 5.74) is 1.95. The summed E-state index contributed by atoms with van der Waals surface area (Å²) in [4.78, 5) is 4.32. The van der Waals surface area contributed by atoms with Gasteiger partial charge in [0.05, 0.1) is 13.2 Å². The van der Waals surface area contributed by atoms with E-state index in [0.29, 0.717) is 12.5 Å². The van der Waals surface area contributed by atoms with E-state index in [4.69, 9.17) is 4.74 Å². The molecule has 0 saturated heterocycles. The third-order valence-corrected chi connectivity index (χ3v) is 4.49. The summed E-state index contributed by atoms with van der Waals surface area (Å²) >= 11 is 0. The summed E-state index contributed by atoms with van der Waals surface area (Å²) in [6.45, 7) is 3.45. The summed E-state index contributed by atoms with van der Waals surface area (Å²) in [7, 11) is 1.67. The largest absolute Gasteiger partial charge is 0.496 e. The molecule has 3 rings (SSSR count). The molecular formula is C17H24N4O2. The lowest BCUT2D eigenvalue weighted by atomic mass is 10.1. The van der Waals surface area contributed by atoms with Crippen molar-refractivity contribution in [3.05, 3.63) is 42.0 Å². The second-order valence-corrected chi connectivity index (χ2v) is 6.26. The molecule has 0 spiro atoms. The van der Waals surface area contributed by atoms with Crippen LogP contribution >= 0.6 is 0 Å². The zero-order valence-electron chi connectivity index (χ0n) is 13.6. The smallest absolute Gasteiger partial charge is 0.126 e. The van der Waals surface area contributed by atoms with Gasteiger partial charge in [-0.25, -0.2) is 0 Å². The van der Waals surface area contributed by atoms with Crippen molar-refractivity contribution in [3.63, 3.8) is 0 Å². The molecule has 1 saturated carbocycles. The third-order valence-electron chi connectivity index (χ3n) is 4.49. The van der Waals surface area contributed by atoms with Crippen molar-refractivity contribution in [1.82, 2.24) is 20.1 Å². The Bertz CT molecular complexity index is 630. The van der Waals surface area contributed by atoms with Gasteiger partial charge in [0.1, 0.15) is 5.75 Å². The fraction of sp³-hybridized carbons (Fsp3) is 0.529. The van der Waals surface area contributed by atoms with Crippen molar-refractivity contribution in [2.45, 2.75) is 45.0 Å². The van der Waals surface area contributed by atoms with E-state index in [0.717, 1.165) is 36.4 Å². The maximum atomic E-state index is 10.3. The van der Waals surface area contributed by atoms with Crippen LogP contribution in [0.4, 0.5) is 0 Å². The number of methoxy groups -OCH3 is 1. The van der Waals surface area contributed by atoms with E-state index in [1.165, 1.54) is 0 Å². The molecule has 124 valence electrons. The van der Waals surface area contributed by atoms with Crippen molar-refractivity contribution in [3.8, 4) is 5.75 Å². The standard InChI is InChI=1S/C17H24N4O2/c1-12-6-17(23-2)14(9-18-12)10-19-15-7-13(8-16(15)22)11-21-5-3-4-20-21/h3-6,9,13,15-16,19,22H,7-8,10-11H2,1-2H3/t13?,15-,16-/m1/s1. The van der Waals surface area contributed by atoms with Gasteiger partial charge in [0.15, 0.2) is 0 Å². The molecule has 1 aliphatic carbocycles. The minimum Gasteiger partial charge on any atom is -0.496 e. The summed E-state index contributed by atoms with van der Waals surface area (Å²) in [5, 5.41) is 18.0. The van der Waals surface area contributed by atoms with E-state index >= 15 is 0 Å². The maximum Gasteiger partial charge on any atom is 0.126 e. The second-order valence-electron chi connectivity index (χ2n) is 6.26. The van der Waals surface area contributed by atoms with Gasteiger partial charge >= 0.3 is 0 Å². The van der Waals surface area contributed by atoms with Crippen LogP contribution in [0.5, 0.6) is 5.75 Å². The molecule has 0 aromatic carbocycles. The number of rotatable bonds is 6. The van der Waals surface area contributed by atoms with Gasteiger partial charge in [-0.2, -0.15) is 5.10 Å². The zero-order valence-corrected chi connectivity index (χ0v) is 13.6. The topological polar surface area (TPSA) is 72.2 Å². The van der Waals surface area contributed by atoms with E-state index in [2.05, 4.69) is 15.4 Å². The molecule has 0 radical (unpaired) electrons. The van der Waals surface area contributed by atoms with E-state index < -0.39 is 0 Å². The molecule has 3 atom stereocenters. The molecule has 23 heavy (non-hydrogen) atoms. The molecule has 6 nitrogen and oxygen atoms in total. The molecule has 2 N–H and O–H groups in total. The van der Waals surface area contributed by atoms with E-state index in [9.17, 15) is 5.11 Å². The fourth-order valence-corrected chi connectivity index (χ4v) is 3.29. The molecule has 0 amide bonds. The molecule has 0 bridgehead atoms. The Morgan fingerprint density at radius 1 is 1.43 bits per heavy atom. The fourth-order valence-electron chi connectivity index (χ4n) is 3.29. The molecule has 0 aliphatic heterocycles. The van der Waals surface area contributed by atoms with Crippen LogP contribution in [0.25, 0.3) is 0 Å². The molecule has 6 heteroatoms.